The third-order valence-corrected chi connectivity index (χ3v) is 4.33. The Hall–Kier alpha value is -3.64. The van der Waals surface area contributed by atoms with Gasteiger partial charge in [-0.1, -0.05) is 60.7 Å². The summed E-state index contributed by atoms with van der Waals surface area (Å²) in [7, 11) is 0. The molecule has 30 heavy (non-hydrogen) atoms. The molecule has 0 saturated carbocycles. The quantitative estimate of drug-likeness (QED) is 0.562. The van der Waals surface area contributed by atoms with Gasteiger partial charge in [0.05, 0.1) is 6.61 Å². The second kappa shape index (κ2) is 10.8. The van der Waals surface area contributed by atoms with Crippen LogP contribution in [0.3, 0.4) is 0 Å². The average Bonchev–Trinajstić information content (AvgIpc) is 2.80. The smallest absolute Gasteiger partial charge is 0.269 e. The lowest BCUT2D eigenvalue weighted by Crippen LogP contribution is -2.43. The maximum Gasteiger partial charge on any atom is 0.269 e. The first kappa shape index (κ1) is 21.1. The number of carbonyl (C=O) groups excluding carboxylic acids is 2. The minimum absolute atomic E-state index is 0.210. The van der Waals surface area contributed by atoms with Gasteiger partial charge in [-0.05, 0) is 42.3 Å². The van der Waals surface area contributed by atoms with Crippen LogP contribution in [0.5, 0.6) is 5.75 Å². The zero-order valence-electron chi connectivity index (χ0n) is 16.7. The molecule has 2 amide bonds. The van der Waals surface area contributed by atoms with E-state index in [1.165, 1.54) is 0 Å². The van der Waals surface area contributed by atoms with Crippen LogP contribution in [0, 0.1) is 0 Å². The summed E-state index contributed by atoms with van der Waals surface area (Å²) in [6, 6.07) is 26.0. The normalized spacial score (nSPS) is 10.5. The Morgan fingerprint density at radius 3 is 1.90 bits per heavy atom. The molecule has 0 aliphatic rings. The number of hydrogen-bond acceptors (Lipinski definition) is 4. The van der Waals surface area contributed by atoms with E-state index in [9.17, 15) is 9.59 Å². The van der Waals surface area contributed by atoms with Crippen LogP contribution in [0.2, 0.25) is 0 Å². The van der Waals surface area contributed by atoms with Crippen molar-refractivity contribution in [1.82, 2.24) is 10.9 Å². The Bertz CT molecular complexity index is 904. The van der Waals surface area contributed by atoms with Crippen LogP contribution in [0.1, 0.15) is 34.5 Å². The second-order valence-corrected chi connectivity index (χ2v) is 6.47. The largest absolute Gasteiger partial charge is 0.494 e. The standard InChI is InChI=1S/C24H24N2O4/c1-2-29-21-15-13-20(14-16-21)24(28)26-25-22(27)17-30-23(18-9-5-3-6-10-18)19-11-7-4-8-12-19/h3-16,23H,2,17H2,1H3,(H,25,27)(H,26,28). The zero-order chi connectivity index (χ0) is 21.2. The number of hydrogen-bond donors (Lipinski definition) is 2. The highest BCUT2D eigenvalue weighted by molar-refractivity contribution is 5.95. The van der Waals surface area contributed by atoms with Crippen molar-refractivity contribution in [2.75, 3.05) is 13.2 Å². The van der Waals surface area contributed by atoms with Crippen molar-refractivity contribution in [3.8, 4) is 5.75 Å². The van der Waals surface area contributed by atoms with Crippen molar-refractivity contribution in [2.24, 2.45) is 0 Å². The van der Waals surface area contributed by atoms with E-state index in [1.807, 2.05) is 67.6 Å². The topological polar surface area (TPSA) is 76.7 Å². The maximum atomic E-state index is 12.2. The first-order valence-electron chi connectivity index (χ1n) is 9.71. The fourth-order valence-corrected chi connectivity index (χ4v) is 2.90. The summed E-state index contributed by atoms with van der Waals surface area (Å²) in [5.41, 5.74) is 7.07. The van der Waals surface area contributed by atoms with E-state index >= 15 is 0 Å². The summed E-state index contributed by atoms with van der Waals surface area (Å²) >= 11 is 0. The first-order chi connectivity index (χ1) is 14.7. The van der Waals surface area contributed by atoms with Crippen LogP contribution in [0.4, 0.5) is 0 Å². The third kappa shape index (κ3) is 5.93. The van der Waals surface area contributed by atoms with Crippen molar-refractivity contribution in [1.29, 1.82) is 0 Å². The molecule has 0 radical (unpaired) electrons. The van der Waals surface area contributed by atoms with Gasteiger partial charge in [0.1, 0.15) is 18.5 Å². The molecule has 0 aliphatic carbocycles. The van der Waals surface area contributed by atoms with Gasteiger partial charge in [-0.2, -0.15) is 0 Å². The lowest BCUT2D eigenvalue weighted by atomic mass is 10.0. The average molecular weight is 404 g/mol. The van der Waals surface area contributed by atoms with Crippen molar-refractivity contribution in [2.45, 2.75) is 13.0 Å². The number of benzene rings is 3. The Balaban J connectivity index is 1.55. The molecule has 6 nitrogen and oxygen atoms in total. The van der Waals surface area contributed by atoms with Gasteiger partial charge in [0.2, 0.25) is 0 Å². The minimum atomic E-state index is -0.453. The minimum Gasteiger partial charge on any atom is -0.494 e. The molecular weight excluding hydrogens is 380 g/mol. The summed E-state index contributed by atoms with van der Waals surface area (Å²) in [5, 5.41) is 0. The summed E-state index contributed by atoms with van der Waals surface area (Å²) < 4.78 is 11.2. The van der Waals surface area contributed by atoms with Crippen molar-refractivity contribution in [3.05, 3.63) is 102 Å². The van der Waals surface area contributed by atoms with Crippen molar-refractivity contribution in [3.63, 3.8) is 0 Å². The molecule has 3 aromatic carbocycles. The maximum absolute atomic E-state index is 12.2. The van der Waals surface area contributed by atoms with Gasteiger partial charge in [0.15, 0.2) is 0 Å². The highest BCUT2D eigenvalue weighted by Crippen LogP contribution is 2.25. The summed E-state index contributed by atoms with van der Waals surface area (Å²) in [6.45, 7) is 2.23. The number of hydrazine groups is 1. The molecule has 0 bridgehead atoms. The van der Waals surface area contributed by atoms with Crippen LogP contribution < -0.4 is 15.6 Å². The van der Waals surface area contributed by atoms with E-state index < -0.39 is 11.8 Å². The van der Waals surface area contributed by atoms with Gasteiger partial charge in [-0.15, -0.1) is 0 Å². The summed E-state index contributed by atoms with van der Waals surface area (Å²) in [6.07, 6.45) is -0.389. The van der Waals surface area contributed by atoms with Gasteiger partial charge in [0, 0.05) is 5.56 Å². The van der Waals surface area contributed by atoms with Crippen molar-refractivity contribution >= 4 is 11.8 Å². The van der Waals surface area contributed by atoms with Gasteiger partial charge >= 0.3 is 0 Å². The molecule has 3 aromatic rings. The molecule has 0 atom stereocenters. The first-order valence-corrected chi connectivity index (χ1v) is 9.71. The van der Waals surface area contributed by atoms with Crippen LogP contribution in [0.25, 0.3) is 0 Å². The SMILES string of the molecule is CCOc1ccc(C(=O)NNC(=O)COC(c2ccccc2)c2ccccc2)cc1. The lowest BCUT2D eigenvalue weighted by molar-refractivity contribution is -0.127. The Morgan fingerprint density at radius 2 is 1.37 bits per heavy atom. The van der Waals surface area contributed by atoms with E-state index in [1.54, 1.807) is 24.3 Å². The molecule has 0 spiro atoms. The molecule has 6 heteroatoms. The Kier molecular flexibility index (Phi) is 7.58. The van der Waals surface area contributed by atoms with E-state index in [2.05, 4.69) is 10.9 Å². The predicted octanol–water partition coefficient (Wildman–Crippen LogP) is 3.65. The van der Waals surface area contributed by atoms with E-state index in [-0.39, 0.29) is 12.7 Å². The Morgan fingerprint density at radius 1 is 0.800 bits per heavy atom. The predicted molar refractivity (Wildman–Crippen MR) is 114 cm³/mol. The molecule has 0 unspecified atom stereocenters. The van der Waals surface area contributed by atoms with Crippen LogP contribution in [0.15, 0.2) is 84.9 Å². The fraction of sp³-hybridized carbons (Fsp3) is 0.167. The highest BCUT2D eigenvalue weighted by Gasteiger charge is 2.16. The highest BCUT2D eigenvalue weighted by atomic mass is 16.5. The molecule has 0 aromatic heterocycles. The molecule has 2 N–H and O–H groups in total. The molecule has 3 rings (SSSR count). The number of amides is 2. The van der Waals surface area contributed by atoms with E-state index in [4.69, 9.17) is 9.47 Å². The van der Waals surface area contributed by atoms with Crippen LogP contribution in [-0.2, 0) is 9.53 Å². The molecular formula is C24H24N2O4. The molecule has 154 valence electrons. The van der Waals surface area contributed by atoms with Crippen LogP contribution in [-0.4, -0.2) is 25.0 Å². The van der Waals surface area contributed by atoms with Gasteiger partial charge in [-0.3, -0.25) is 20.4 Å². The number of carbonyl (C=O) groups is 2. The van der Waals surface area contributed by atoms with Crippen LogP contribution >= 0.6 is 0 Å². The molecule has 0 saturated heterocycles. The van der Waals surface area contributed by atoms with Gasteiger partial charge in [-0.25, -0.2) is 0 Å². The molecule has 0 aliphatic heterocycles. The number of ether oxygens (including phenoxy) is 2. The third-order valence-electron chi connectivity index (χ3n) is 4.33. The second-order valence-electron chi connectivity index (χ2n) is 6.47. The lowest BCUT2D eigenvalue weighted by Gasteiger charge is -2.19. The van der Waals surface area contributed by atoms with Gasteiger partial charge < -0.3 is 9.47 Å². The summed E-state index contributed by atoms with van der Waals surface area (Å²) in [5.74, 6) is -0.195. The monoisotopic (exact) mass is 404 g/mol. The van der Waals surface area contributed by atoms with Gasteiger partial charge in [0.25, 0.3) is 11.8 Å². The zero-order valence-corrected chi connectivity index (χ0v) is 16.7. The van der Waals surface area contributed by atoms with Crippen molar-refractivity contribution < 1.29 is 19.1 Å². The molecule has 0 heterocycles. The fourth-order valence-electron chi connectivity index (χ4n) is 2.90. The summed E-state index contributed by atoms with van der Waals surface area (Å²) in [4.78, 5) is 24.4. The van der Waals surface area contributed by atoms with E-state index in [0.717, 1.165) is 11.1 Å². The Labute approximate surface area is 175 Å². The molecule has 0 fully saturated rings. The number of rotatable bonds is 8. The number of nitrogens with one attached hydrogen (secondary N) is 2. The van der Waals surface area contributed by atoms with E-state index in [0.29, 0.717) is 17.9 Å².